The van der Waals surface area contributed by atoms with Crippen LogP contribution >= 0.6 is 11.6 Å². The van der Waals surface area contributed by atoms with Gasteiger partial charge in [0, 0.05) is 73.2 Å². The number of fused-ring (bicyclic) bond motifs is 1. The summed E-state index contributed by atoms with van der Waals surface area (Å²) < 4.78 is 50.0. The van der Waals surface area contributed by atoms with Crippen molar-refractivity contribution in [1.29, 1.82) is 0 Å². The molecule has 57 heavy (non-hydrogen) atoms. The smallest absolute Gasteiger partial charge is 0.296 e. The summed E-state index contributed by atoms with van der Waals surface area (Å²) in [4.78, 5) is 35.9. The summed E-state index contributed by atoms with van der Waals surface area (Å²) in [6, 6.07) is 18.1. The highest BCUT2D eigenvalue weighted by Crippen LogP contribution is 2.38. The highest BCUT2D eigenvalue weighted by atomic mass is 35.5. The number of hydrogen-bond donors (Lipinski definition) is 3. The van der Waals surface area contributed by atoms with Crippen LogP contribution in [0.15, 0.2) is 89.6 Å². The summed E-state index contributed by atoms with van der Waals surface area (Å²) in [6.45, 7) is 9.28. The number of nitrogens with one attached hydrogen (secondary N) is 3. The van der Waals surface area contributed by atoms with Gasteiger partial charge >= 0.3 is 0 Å². The van der Waals surface area contributed by atoms with Crippen molar-refractivity contribution in [1.82, 2.24) is 19.6 Å². The van der Waals surface area contributed by atoms with Crippen molar-refractivity contribution in [2.24, 2.45) is 5.92 Å². The van der Waals surface area contributed by atoms with E-state index in [-0.39, 0.29) is 23.9 Å². The van der Waals surface area contributed by atoms with Crippen molar-refractivity contribution in [3.63, 3.8) is 0 Å². The van der Waals surface area contributed by atoms with Gasteiger partial charge in [-0.25, -0.2) is 22.5 Å². The fourth-order valence-corrected chi connectivity index (χ4v) is 8.68. The largest absolute Gasteiger partial charge is 0.455 e. The number of nitro benzene ring substituents is 1. The van der Waals surface area contributed by atoms with Crippen molar-refractivity contribution in [3.8, 4) is 11.5 Å². The Balaban J connectivity index is 1.15. The van der Waals surface area contributed by atoms with Gasteiger partial charge in [-0.1, -0.05) is 36.2 Å². The maximum absolute atomic E-state index is 15.0. The molecule has 3 aromatic carbocycles. The SMILES string of the molecule is CCNc1c(F)cc(S(=O)(=O)NC(=O)c2ccc(N3CCN(CC4=C(c5ccc(Cl)cc5)C[C@H](C)CC4)[C@H](C)C3)cc2Oc2cnc3[nH]ccc3c2)cc1[N+](=O)[O-]. The molecule has 2 aromatic heterocycles. The number of ether oxygens (including phenoxy) is 1. The Morgan fingerprint density at radius 3 is 2.63 bits per heavy atom. The number of carbonyl (C=O) groups excluding carboxylic acids is 1. The maximum Gasteiger partial charge on any atom is 0.296 e. The molecular formula is C41H43ClFN7O6S. The van der Waals surface area contributed by atoms with Gasteiger partial charge in [0.15, 0.2) is 5.82 Å². The second-order valence-electron chi connectivity index (χ2n) is 14.6. The minimum atomic E-state index is -4.78. The first-order chi connectivity index (χ1) is 27.3. The Morgan fingerprint density at radius 1 is 1.11 bits per heavy atom. The molecule has 1 aliphatic carbocycles. The molecule has 0 unspecified atom stereocenters. The van der Waals surface area contributed by atoms with Crippen molar-refractivity contribution in [3.05, 3.63) is 117 Å². The van der Waals surface area contributed by atoms with Crippen LogP contribution in [0.2, 0.25) is 5.02 Å². The zero-order valence-electron chi connectivity index (χ0n) is 31.7. The monoisotopic (exact) mass is 815 g/mol. The Bertz CT molecular complexity index is 2480. The number of H-pyrrole nitrogens is 1. The summed E-state index contributed by atoms with van der Waals surface area (Å²) >= 11 is 6.21. The van der Waals surface area contributed by atoms with E-state index in [0.29, 0.717) is 42.5 Å². The van der Waals surface area contributed by atoms with Crippen molar-refractivity contribution >= 4 is 61.2 Å². The molecule has 2 aliphatic rings. The lowest BCUT2D eigenvalue weighted by Gasteiger charge is -2.42. The highest BCUT2D eigenvalue weighted by molar-refractivity contribution is 7.90. The van der Waals surface area contributed by atoms with Crippen LogP contribution in [-0.2, 0) is 10.0 Å². The molecule has 298 valence electrons. The number of allylic oxidation sites excluding steroid dienone is 1. The van der Waals surface area contributed by atoms with Crippen LogP contribution in [-0.4, -0.2) is 72.9 Å². The number of benzene rings is 3. The van der Waals surface area contributed by atoms with Gasteiger partial charge in [-0.2, -0.15) is 0 Å². The van der Waals surface area contributed by atoms with Crippen LogP contribution in [0.5, 0.6) is 11.5 Å². The number of hydrogen-bond acceptors (Lipinski definition) is 10. The van der Waals surface area contributed by atoms with E-state index in [0.717, 1.165) is 48.4 Å². The van der Waals surface area contributed by atoms with Gasteiger partial charge in [0.2, 0.25) is 0 Å². The third-order valence-corrected chi connectivity index (χ3v) is 12.1. The normalized spacial score (nSPS) is 17.8. The molecule has 0 saturated carbocycles. The number of piperazine rings is 1. The number of pyridine rings is 1. The summed E-state index contributed by atoms with van der Waals surface area (Å²) in [5.74, 6) is -1.26. The molecule has 0 bridgehead atoms. The molecule has 7 rings (SSSR count). The molecule has 1 saturated heterocycles. The van der Waals surface area contributed by atoms with E-state index < -0.39 is 42.9 Å². The summed E-state index contributed by atoms with van der Waals surface area (Å²) in [5, 5.41) is 15.7. The second kappa shape index (κ2) is 16.5. The van der Waals surface area contributed by atoms with Gasteiger partial charge in [0.05, 0.1) is 21.6 Å². The van der Waals surface area contributed by atoms with E-state index in [1.807, 2.05) is 22.9 Å². The topological polar surface area (TPSA) is 163 Å². The summed E-state index contributed by atoms with van der Waals surface area (Å²) in [6.07, 6.45) is 6.44. The molecule has 0 radical (unpaired) electrons. The average molecular weight is 816 g/mol. The third kappa shape index (κ3) is 8.75. The molecule has 1 amide bonds. The van der Waals surface area contributed by atoms with Gasteiger partial charge in [-0.3, -0.25) is 19.8 Å². The van der Waals surface area contributed by atoms with Crippen molar-refractivity contribution < 1.29 is 27.3 Å². The predicted octanol–water partition coefficient (Wildman–Crippen LogP) is 8.39. The lowest BCUT2D eigenvalue weighted by Crippen LogP contribution is -2.52. The first kappa shape index (κ1) is 39.7. The molecule has 16 heteroatoms. The van der Waals surface area contributed by atoms with Crippen LogP contribution in [0.3, 0.4) is 0 Å². The summed E-state index contributed by atoms with van der Waals surface area (Å²) in [7, 11) is -4.78. The number of aromatic amines is 1. The average Bonchev–Trinajstić information content (AvgIpc) is 3.65. The number of aromatic nitrogens is 2. The zero-order chi connectivity index (χ0) is 40.4. The lowest BCUT2D eigenvalue weighted by molar-refractivity contribution is -0.384. The number of anilines is 2. The quantitative estimate of drug-likeness (QED) is 0.0824. The number of sulfonamides is 1. The van der Waals surface area contributed by atoms with Crippen LogP contribution in [0.4, 0.5) is 21.5 Å². The minimum absolute atomic E-state index is 0.0562. The Hall–Kier alpha value is -5.51. The Labute approximate surface area is 335 Å². The molecule has 5 aromatic rings. The molecule has 0 spiro atoms. The Kier molecular flexibility index (Phi) is 11.5. The second-order valence-corrected chi connectivity index (χ2v) is 16.7. The molecule has 13 nitrogen and oxygen atoms in total. The third-order valence-electron chi connectivity index (χ3n) is 10.6. The molecule has 3 heterocycles. The highest BCUT2D eigenvalue weighted by Gasteiger charge is 2.30. The molecule has 3 N–H and O–H groups in total. The molecule has 2 atom stereocenters. The first-order valence-electron chi connectivity index (χ1n) is 18.8. The number of rotatable bonds is 12. The standard InChI is InChI=1S/C41H43ClFN7O6S/c1-4-44-39-36(43)20-33(21-37(39)50(52)53)57(54,55)47-41(51)34-12-11-31(19-38(34)56-32-18-28-13-14-45-40(28)46-22-32)49-16-15-48(26(3)23-49)24-29-6-5-25(2)17-35(29)27-7-9-30(42)10-8-27/h7-14,18-22,25-26,44H,4-6,15-17,23-24H2,1-3H3,(H,45,46)(H,47,51)/t25-,26-/m1/s1. The van der Waals surface area contributed by atoms with E-state index in [1.54, 1.807) is 31.3 Å². The fourth-order valence-electron chi connectivity index (χ4n) is 7.56. The van der Waals surface area contributed by atoms with E-state index in [1.165, 1.54) is 29.0 Å². The number of amides is 1. The first-order valence-corrected chi connectivity index (χ1v) is 20.7. The maximum atomic E-state index is 15.0. The zero-order valence-corrected chi connectivity index (χ0v) is 33.3. The van der Waals surface area contributed by atoms with E-state index in [4.69, 9.17) is 16.3 Å². The van der Waals surface area contributed by atoms with Crippen LogP contribution < -0.4 is 19.7 Å². The van der Waals surface area contributed by atoms with E-state index in [2.05, 4.69) is 51.1 Å². The molecule has 1 aliphatic heterocycles. The van der Waals surface area contributed by atoms with Crippen molar-refractivity contribution in [2.75, 3.05) is 42.9 Å². The molecule has 1 fully saturated rings. The van der Waals surface area contributed by atoms with Gasteiger partial charge in [0.25, 0.3) is 21.6 Å². The van der Waals surface area contributed by atoms with Gasteiger partial charge < -0.3 is 19.9 Å². The van der Waals surface area contributed by atoms with E-state index >= 15 is 0 Å². The van der Waals surface area contributed by atoms with Crippen LogP contribution in [0.25, 0.3) is 16.6 Å². The number of nitrogens with zero attached hydrogens (tertiary/aromatic N) is 4. The van der Waals surface area contributed by atoms with Crippen LogP contribution in [0.1, 0.15) is 56.0 Å². The number of nitro groups is 1. The van der Waals surface area contributed by atoms with Gasteiger partial charge in [-0.15, -0.1) is 0 Å². The minimum Gasteiger partial charge on any atom is -0.455 e. The summed E-state index contributed by atoms with van der Waals surface area (Å²) in [5.41, 5.74) is 4.10. The van der Waals surface area contributed by atoms with E-state index in [9.17, 15) is 27.7 Å². The lowest BCUT2D eigenvalue weighted by atomic mass is 9.81. The number of halogens is 2. The number of carbonyl (C=O) groups is 1. The predicted molar refractivity (Wildman–Crippen MR) is 219 cm³/mol. The van der Waals surface area contributed by atoms with Crippen LogP contribution in [0, 0.1) is 21.8 Å². The molecular weight excluding hydrogens is 773 g/mol. The van der Waals surface area contributed by atoms with Crippen molar-refractivity contribution in [2.45, 2.75) is 51.0 Å². The van der Waals surface area contributed by atoms with Gasteiger partial charge in [0.1, 0.15) is 22.8 Å². The fraction of sp³-hybridized carbons (Fsp3) is 0.317. The van der Waals surface area contributed by atoms with Gasteiger partial charge in [-0.05, 0) is 92.6 Å². The Morgan fingerprint density at radius 2 is 1.89 bits per heavy atom.